The Morgan fingerprint density at radius 1 is 1.53 bits per heavy atom. The molecule has 1 N–H and O–H groups in total. The van der Waals surface area contributed by atoms with Gasteiger partial charge in [0.25, 0.3) is 0 Å². The Morgan fingerprint density at radius 2 is 2.24 bits per heavy atom. The third kappa shape index (κ3) is 4.93. The maximum absolute atomic E-state index is 11.5. The number of hydrogen-bond acceptors (Lipinski definition) is 3. The topological polar surface area (TPSA) is 50.2 Å². The molecule has 96 valence electrons. The third-order valence-electron chi connectivity index (χ3n) is 2.15. The van der Waals surface area contributed by atoms with Gasteiger partial charge in [-0.05, 0) is 27.1 Å². The molecule has 1 heterocycles. The number of nitrogens with zero attached hydrogens (tertiary/aromatic N) is 3. The van der Waals surface area contributed by atoms with Crippen LogP contribution in [-0.4, -0.2) is 47.5 Å². The lowest BCUT2D eigenvalue weighted by molar-refractivity contribution is -0.121. The van der Waals surface area contributed by atoms with Crippen LogP contribution < -0.4 is 5.32 Å². The third-order valence-corrected chi connectivity index (χ3v) is 2.92. The molecule has 0 spiro atoms. The largest absolute Gasteiger partial charge is 0.355 e. The SMILES string of the molecule is CN(C)CCCNC(=O)Cn1cnc(Cl)c1Cl. The van der Waals surface area contributed by atoms with Gasteiger partial charge in [0.05, 0.1) is 6.33 Å². The molecule has 0 radical (unpaired) electrons. The summed E-state index contributed by atoms with van der Waals surface area (Å²) in [6.07, 6.45) is 2.36. The van der Waals surface area contributed by atoms with E-state index >= 15 is 0 Å². The smallest absolute Gasteiger partial charge is 0.240 e. The molecule has 7 heteroatoms. The van der Waals surface area contributed by atoms with E-state index in [1.165, 1.54) is 10.9 Å². The minimum atomic E-state index is -0.0975. The van der Waals surface area contributed by atoms with E-state index in [0.717, 1.165) is 13.0 Å². The number of rotatable bonds is 6. The number of nitrogens with one attached hydrogen (secondary N) is 1. The van der Waals surface area contributed by atoms with Gasteiger partial charge >= 0.3 is 0 Å². The van der Waals surface area contributed by atoms with Crippen molar-refractivity contribution in [3.05, 3.63) is 16.6 Å². The monoisotopic (exact) mass is 278 g/mol. The van der Waals surface area contributed by atoms with Crippen molar-refractivity contribution >= 4 is 29.1 Å². The van der Waals surface area contributed by atoms with Gasteiger partial charge in [0, 0.05) is 6.54 Å². The summed E-state index contributed by atoms with van der Waals surface area (Å²) in [5, 5.41) is 3.31. The quantitative estimate of drug-likeness (QED) is 0.797. The number of carbonyl (C=O) groups excluding carboxylic acids is 1. The fourth-order valence-corrected chi connectivity index (χ4v) is 1.59. The number of imidazole rings is 1. The molecule has 0 fully saturated rings. The molecule has 17 heavy (non-hydrogen) atoms. The Kier molecular flexibility index (Phi) is 5.74. The molecule has 0 aliphatic rings. The van der Waals surface area contributed by atoms with E-state index in [1.807, 2.05) is 14.1 Å². The zero-order valence-corrected chi connectivity index (χ0v) is 11.4. The average molecular weight is 279 g/mol. The van der Waals surface area contributed by atoms with Crippen molar-refractivity contribution in [2.45, 2.75) is 13.0 Å². The lowest BCUT2D eigenvalue weighted by Crippen LogP contribution is -2.30. The second-order valence-electron chi connectivity index (χ2n) is 3.96. The van der Waals surface area contributed by atoms with E-state index in [-0.39, 0.29) is 22.8 Å². The van der Waals surface area contributed by atoms with Gasteiger partial charge in [0.1, 0.15) is 11.7 Å². The minimum Gasteiger partial charge on any atom is -0.355 e. The molecular weight excluding hydrogens is 263 g/mol. The van der Waals surface area contributed by atoms with Crippen LogP contribution in [0.25, 0.3) is 0 Å². The van der Waals surface area contributed by atoms with Gasteiger partial charge in [0.15, 0.2) is 5.15 Å². The predicted molar refractivity (Wildman–Crippen MR) is 68.4 cm³/mol. The highest BCUT2D eigenvalue weighted by atomic mass is 35.5. The standard InChI is InChI=1S/C10H16Cl2N4O/c1-15(2)5-3-4-13-8(17)6-16-7-14-9(11)10(16)12/h7H,3-6H2,1-2H3,(H,13,17). The minimum absolute atomic E-state index is 0.0975. The fourth-order valence-electron chi connectivity index (χ4n) is 1.29. The van der Waals surface area contributed by atoms with Crippen LogP contribution in [0.1, 0.15) is 6.42 Å². The Bertz CT molecular complexity index is 378. The summed E-state index contributed by atoms with van der Waals surface area (Å²) in [5.41, 5.74) is 0. The van der Waals surface area contributed by atoms with Gasteiger partial charge in [-0.1, -0.05) is 23.2 Å². The normalized spacial score (nSPS) is 10.9. The first-order valence-corrected chi connectivity index (χ1v) is 6.04. The van der Waals surface area contributed by atoms with E-state index in [4.69, 9.17) is 23.2 Å². The first-order valence-electron chi connectivity index (χ1n) is 5.28. The molecule has 5 nitrogen and oxygen atoms in total. The summed E-state index contributed by atoms with van der Waals surface area (Å²) in [5.74, 6) is -0.0975. The van der Waals surface area contributed by atoms with E-state index in [2.05, 4.69) is 15.2 Å². The molecule has 1 amide bonds. The summed E-state index contributed by atoms with van der Waals surface area (Å²) in [6.45, 7) is 1.73. The molecule has 0 atom stereocenters. The van der Waals surface area contributed by atoms with Gasteiger partial charge < -0.3 is 14.8 Å². The zero-order chi connectivity index (χ0) is 12.8. The Morgan fingerprint density at radius 3 is 2.76 bits per heavy atom. The molecule has 1 aromatic heterocycles. The van der Waals surface area contributed by atoms with Crippen LogP contribution in [-0.2, 0) is 11.3 Å². The first kappa shape index (κ1) is 14.3. The summed E-state index contributed by atoms with van der Waals surface area (Å²) >= 11 is 11.5. The number of hydrogen-bond donors (Lipinski definition) is 1. The van der Waals surface area contributed by atoms with Crippen LogP contribution in [0.2, 0.25) is 10.3 Å². The van der Waals surface area contributed by atoms with Crippen LogP contribution in [0.15, 0.2) is 6.33 Å². The number of carbonyl (C=O) groups is 1. The Balaban J connectivity index is 2.28. The molecule has 0 saturated heterocycles. The van der Waals surface area contributed by atoms with E-state index in [1.54, 1.807) is 0 Å². The Labute approximate surface area is 111 Å². The zero-order valence-electron chi connectivity index (χ0n) is 9.91. The lowest BCUT2D eigenvalue weighted by Gasteiger charge is -2.10. The second kappa shape index (κ2) is 6.83. The average Bonchev–Trinajstić information content (AvgIpc) is 2.56. The molecule has 0 aliphatic heterocycles. The van der Waals surface area contributed by atoms with Crippen LogP contribution in [0, 0.1) is 0 Å². The highest BCUT2D eigenvalue weighted by Gasteiger charge is 2.09. The van der Waals surface area contributed by atoms with Crippen molar-refractivity contribution in [2.24, 2.45) is 0 Å². The highest BCUT2D eigenvalue weighted by Crippen LogP contribution is 2.18. The molecule has 0 saturated carbocycles. The van der Waals surface area contributed by atoms with Crippen molar-refractivity contribution in [3.63, 3.8) is 0 Å². The van der Waals surface area contributed by atoms with Crippen molar-refractivity contribution in [2.75, 3.05) is 27.2 Å². The highest BCUT2D eigenvalue weighted by molar-refractivity contribution is 6.40. The van der Waals surface area contributed by atoms with Crippen molar-refractivity contribution in [1.82, 2.24) is 19.8 Å². The molecule has 0 unspecified atom stereocenters. The van der Waals surface area contributed by atoms with E-state index in [0.29, 0.717) is 6.54 Å². The van der Waals surface area contributed by atoms with Crippen molar-refractivity contribution in [1.29, 1.82) is 0 Å². The molecule has 1 rings (SSSR count). The van der Waals surface area contributed by atoms with E-state index < -0.39 is 0 Å². The summed E-state index contributed by atoms with van der Waals surface area (Å²) in [6, 6.07) is 0. The number of amides is 1. The maximum atomic E-state index is 11.5. The van der Waals surface area contributed by atoms with Crippen LogP contribution in [0.3, 0.4) is 0 Å². The van der Waals surface area contributed by atoms with Gasteiger partial charge in [-0.25, -0.2) is 4.98 Å². The maximum Gasteiger partial charge on any atom is 0.240 e. The van der Waals surface area contributed by atoms with Gasteiger partial charge in [-0.3, -0.25) is 4.79 Å². The van der Waals surface area contributed by atoms with Crippen LogP contribution in [0.5, 0.6) is 0 Å². The molecule has 1 aromatic rings. The molecule has 0 aliphatic carbocycles. The van der Waals surface area contributed by atoms with E-state index in [9.17, 15) is 4.79 Å². The van der Waals surface area contributed by atoms with Crippen LogP contribution in [0.4, 0.5) is 0 Å². The van der Waals surface area contributed by atoms with Gasteiger partial charge in [0.2, 0.25) is 5.91 Å². The number of halogens is 2. The van der Waals surface area contributed by atoms with Gasteiger partial charge in [-0.15, -0.1) is 0 Å². The predicted octanol–water partition coefficient (Wildman–Crippen LogP) is 1.26. The Hall–Kier alpha value is -0.780. The molecule has 0 bridgehead atoms. The van der Waals surface area contributed by atoms with Gasteiger partial charge in [-0.2, -0.15) is 0 Å². The lowest BCUT2D eigenvalue weighted by atomic mass is 10.4. The molecule has 0 aromatic carbocycles. The summed E-state index contributed by atoms with van der Waals surface area (Å²) in [4.78, 5) is 17.4. The summed E-state index contributed by atoms with van der Waals surface area (Å²) in [7, 11) is 3.99. The molecular formula is C10H16Cl2N4O. The first-order chi connectivity index (χ1) is 8.00. The summed E-state index contributed by atoms with van der Waals surface area (Å²) < 4.78 is 1.51. The second-order valence-corrected chi connectivity index (χ2v) is 4.68. The van der Waals surface area contributed by atoms with Crippen molar-refractivity contribution < 1.29 is 4.79 Å². The number of aromatic nitrogens is 2. The van der Waals surface area contributed by atoms with Crippen LogP contribution >= 0.6 is 23.2 Å². The fraction of sp³-hybridized carbons (Fsp3) is 0.600. The van der Waals surface area contributed by atoms with Crippen molar-refractivity contribution in [3.8, 4) is 0 Å².